The number of hydrogen-bond donors (Lipinski definition) is 2. The molecular formula is C17H26N4O2. The predicted octanol–water partition coefficient (Wildman–Crippen LogP) is 0.787. The van der Waals surface area contributed by atoms with E-state index in [0.29, 0.717) is 23.0 Å². The quantitative estimate of drug-likeness (QED) is 0.806. The molecule has 0 unspecified atom stereocenters. The fourth-order valence-electron chi connectivity index (χ4n) is 3.49. The second-order valence-corrected chi connectivity index (χ2v) is 6.27. The second kappa shape index (κ2) is 7.19. The highest BCUT2D eigenvalue weighted by Crippen LogP contribution is 2.23. The Bertz CT molecular complexity index is 550. The van der Waals surface area contributed by atoms with Crippen LogP contribution in [0.1, 0.15) is 23.2 Å². The molecule has 1 amide bonds. The molecule has 0 spiro atoms. The molecule has 2 aliphatic rings. The van der Waals surface area contributed by atoms with Crippen molar-refractivity contribution in [2.24, 2.45) is 0 Å². The summed E-state index contributed by atoms with van der Waals surface area (Å²) in [5.41, 5.74) is 7.02. The van der Waals surface area contributed by atoms with Gasteiger partial charge >= 0.3 is 0 Å². The van der Waals surface area contributed by atoms with Gasteiger partial charge in [-0.1, -0.05) is 0 Å². The molecule has 23 heavy (non-hydrogen) atoms. The largest absolute Gasteiger partial charge is 0.495 e. The van der Waals surface area contributed by atoms with Gasteiger partial charge in [-0.25, -0.2) is 0 Å². The molecule has 126 valence electrons. The summed E-state index contributed by atoms with van der Waals surface area (Å²) >= 11 is 0. The highest BCUT2D eigenvalue weighted by Gasteiger charge is 2.27. The van der Waals surface area contributed by atoms with E-state index in [1.165, 1.54) is 12.8 Å². The number of carbonyl (C=O) groups excluding carboxylic acids is 1. The van der Waals surface area contributed by atoms with E-state index < -0.39 is 0 Å². The summed E-state index contributed by atoms with van der Waals surface area (Å²) < 4.78 is 5.21. The van der Waals surface area contributed by atoms with E-state index in [1.807, 2.05) is 4.90 Å². The lowest BCUT2D eigenvalue weighted by molar-refractivity contribution is 0.0532. The molecule has 0 atom stereocenters. The van der Waals surface area contributed by atoms with Crippen molar-refractivity contribution < 1.29 is 9.53 Å². The van der Waals surface area contributed by atoms with Gasteiger partial charge in [0.05, 0.1) is 12.8 Å². The van der Waals surface area contributed by atoms with Crippen molar-refractivity contribution in [3.63, 3.8) is 0 Å². The van der Waals surface area contributed by atoms with Gasteiger partial charge in [0.25, 0.3) is 5.91 Å². The molecule has 0 bridgehead atoms. The zero-order valence-electron chi connectivity index (χ0n) is 13.8. The Morgan fingerprint density at radius 3 is 2.57 bits per heavy atom. The Kier molecular flexibility index (Phi) is 5.03. The Morgan fingerprint density at radius 1 is 1.22 bits per heavy atom. The van der Waals surface area contributed by atoms with Crippen LogP contribution in [0.4, 0.5) is 5.69 Å². The van der Waals surface area contributed by atoms with E-state index in [2.05, 4.69) is 10.2 Å². The first-order chi connectivity index (χ1) is 11.2. The monoisotopic (exact) mass is 318 g/mol. The second-order valence-electron chi connectivity index (χ2n) is 6.27. The summed E-state index contributed by atoms with van der Waals surface area (Å²) in [6.07, 6.45) is 2.42. The first-order valence-corrected chi connectivity index (χ1v) is 8.36. The molecule has 0 radical (unpaired) electrons. The van der Waals surface area contributed by atoms with Crippen molar-refractivity contribution in [3.05, 3.63) is 23.8 Å². The normalized spacial score (nSPS) is 20.5. The number of piperazine rings is 1. The molecule has 3 rings (SSSR count). The minimum absolute atomic E-state index is 0.0632. The van der Waals surface area contributed by atoms with Crippen LogP contribution < -0.4 is 15.8 Å². The summed E-state index contributed by atoms with van der Waals surface area (Å²) in [5, 5.41) is 3.40. The Hall–Kier alpha value is -1.79. The maximum atomic E-state index is 12.7. The fourth-order valence-corrected chi connectivity index (χ4v) is 3.49. The Balaban J connectivity index is 1.59. The molecule has 1 aromatic rings. The summed E-state index contributed by atoms with van der Waals surface area (Å²) in [6.45, 7) is 5.71. The highest BCUT2D eigenvalue weighted by atomic mass is 16.5. The van der Waals surface area contributed by atoms with E-state index >= 15 is 0 Å². The van der Waals surface area contributed by atoms with Crippen molar-refractivity contribution in [1.82, 2.24) is 15.1 Å². The van der Waals surface area contributed by atoms with Gasteiger partial charge in [-0.3, -0.25) is 9.69 Å². The van der Waals surface area contributed by atoms with Crippen molar-refractivity contribution in [3.8, 4) is 5.75 Å². The molecule has 0 aliphatic carbocycles. The summed E-state index contributed by atoms with van der Waals surface area (Å²) in [4.78, 5) is 17.1. The molecule has 0 aromatic heterocycles. The number of carbonyl (C=O) groups is 1. The Morgan fingerprint density at radius 2 is 1.91 bits per heavy atom. The lowest BCUT2D eigenvalue weighted by atomic mass is 10.0. The number of nitrogens with zero attached hydrogens (tertiary/aromatic N) is 2. The summed E-state index contributed by atoms with van der Waals surface area (Å²) in [6, 6.07) is 5.92. The number of hydrogen-bond acceptors (Lipinski definition) is 5. The van der Waals surface area contributed by atoms with Gasteiger partial charge in [0.15, 0.2) is 0 Å². The van der Waals surface area contributed by atoms with Crippen molar-refractivity contribution >= 4 is 11.6 Å². The zero-order valence-corrected chi connectivity index (χ0v) is 13.8. The van der Waals surface area contributed by atoms with E-state index in [9.17, 15) is 4.79 Å². The van der Waals surface area contributed by atoms with Gasteiger partial charge in [0.1, 0.15) is 5.75 Å². The maximum Gasteiger partial charge on any atom is 0.254 e. The van der Waals surface area contributed by atoms with Gasteiger partial charge in [-0.05, 0) is 44.1 Å². The van der Waals surface area contributed by atoms with Gasteiger partial charge in [0.2, 0.25) is 0 Å². The third kappa shape index (κ3) is 3.59. The molecule has 2 heterocycles. The smallest absolute Gasteiger partial charge is 0.254 e. The lowest BCUT2D eigenvalue weighted by Crippen LogP contribution is -2.53. The molecule has 2 fully saturated rings. The van der Waals surface area contributed by atoms with Crippen LogP contribution in [0.5, 0.6) is 5.75 Å². The van der Waals surface area contributed by atoms with E-state index in [4.69, 9.17) is 10.5 Å². The number of nitrogens with two attached hydrogens (primary N) is 1. The van der Waals surface area contributed by atoms with Crippen LogP contribution >= 0.6 is 0 Å². The zero-order chi connectivity index (χ0) is 16.2. The van der Waals surface area contributed by atoms with E-state index in [1.54, 1.807) is 25.3 Å². The first-order valence-electron chi connectivity index (χ1n) is 8.36. The molecule has 2 saturated heterocycles. The number of rotatable bonds is 3. The fraction of sp³-hybridized carbons (Fsp3) is 0.588. The van der Waals surface area contributed by atoms with Crippen LogP contribution in [0.3, 0.4) is 0 Å². The number of anilines is 1. The summed E-state index contributed by atoms with van der Waals surface area (Å²) in [5.74, 6) is 0.623. The first kappa shape index (κ1) is 16.1. The topological polar surface area (TPSA) is 70.8 Å². The van der Waals surface area contributed by atoms with Gasteiger partial charge in [-0.2, -0.15) is 0 Å². The number of nitrogens with one attached hydrogen (secondary N) is 1. The molecule has 1 aromatic carbocycles. The number of ether oxygens (including phenoxy) is 1. The Labute approximate surface area is 137 Å². The van der Waals surface area contributed by atoms with Gasteiger partial charge < -0.3 is 20.7 Å². The van der Waals surface area contributed by atoms with Crippen LogP contribution in [0, 0.1) is 0 Å². The number of methoxy groups -OCH3 is 1. The summed E-state index contributed by atoms with van der Waals surface area (Å²) in [7, 11) is 1.57. The SMILES string of the molecule is COc1cc(C(=O)N2CCN(C3CCNCC3)CC2)ccc1N. The van der Waals surface area contributed by atoms with Crippen molar-refractivity contribution in [1.29, 1.82) is 0 Å². The van der Waals surface area contributed by atoms with Crippen LogP contribution in [0.2, 0.25) is 0 Å². The van der Waals surface area contributed by atoms with Crippen LogP contribution in [-0.2, 0) is 0 Å². The number of piperidine rings is 1. The van der Waals surface area contributed by atoms with Crippen LogP contribution in [-0.4, -0.2) is 68.1 Å². The molecule has 6 heteroatoms. The molecule has 0 saturated carbocycles. The lowest BCUT2D eigenvalue weighted by Gasteiger charge is -2.40. The highest BCUT2D eigenvalue weighted by molar-refractivity contribution is 5.95. The van der Waals surface area contributed by atoms with Crippen LogP contribution in [0.25, 0.3) is 0 Å². The van der Waals surface area contributed by atoms with E-state index in [0.717, 1.165) is 39.3 Å². The van der Waals surface area contributed by atoms with E-state index in [-0.39, 0.29) is 5.91 Å². The molecule has 6 nitrogen and oxygen atoms in total. The number of amides is 1. The molecule has 2 aliphatic heterocycles. The van der Waals surface area contributed by atoms with Gasteiger partial charge in [-0.15, -0.1) is 0 Å². The minimum atomic E-state index is 0.0632. The molecular weight excluding hydrogens is 292 g/mol. The average molecular weight is 318 g/mol. The standard InChI is InChI=1S/C17H26N4O2/c1-23-16-12-13(2-3-15(16)18)17(22)21-10-8-20(9-11-21)14-4-6-19-7-5-14/h2-3,12,14,19H,4-11,18H2,1H3. The van der Waals surface area contributed by atoms with Crippen molar-refractivity contribution in [2.45, 2.75) is 18.9 Å². The van der Waals surface area contributed by atoms with Crippen molar-refractivity contribution in [2.75, 3.05) is 52.1 Å². The minimum Gasteiger partial charge on any atom is -0.495 e. The third-order valence-corrected chi connectivity index (χ3v) is 4.91. The van der Waals surface area contributed by atoms with Gasteiger partial charge in [0, 0.05) is 37.8 Å². The van der Waals surface area contributed by atoms with Crippen LogP contribution in [0.15, 0.2) is 18.2 Å². The molecule has 3 N–H and O–H groups in total. The third-order valence-electron chi connectivity index (χ3n) is 4.91. The predicted molar refractivity (Wildman–Crippen MR) is 90.8 cm³/mol. The maximum absolute atomic E-state index is 12.7. The number of nitrogen functional groups attached to an aromatic ring is 1. The average Bonchev–Trinajstić information content (AvgIpc) is 2.62. The number of benzene rings is 1.